The Hall–Kier alpha value is -3.04. The highest BCUT2D eigenvalue weighted by Crippen LogP contribution is 2.21. The molecule has 0 aliphatic rings. The third-order valence-corrected chi connectivity index (χ3v) is 5.90. The average Bonchev–Trinajstić information content (AvgIpc) is 2.74. The molecule has 1 amide bonds. The van der Waals surface area contributed by atoms with Crippen LogP contribution in [0.25, 0.3) is 0 Å². The quantitative estimate of drug-likeness (QED) is 0.491. The van der Waals surface area contributed by atoms with Gasteiger partial charge in [-0.15, -0.1) is 0 Å². The number of rotatable bonds is 8. The van der Waals surface area contributed by atoms with Gasteiger partial charge in [-0.25, -0.2) is 8.42 Å². The summed E-state index contributed by atoms with van der Waals surface area (Å²) in [5, 5.41) is 2.71. The predicted octanol–water partition coefficient (Wildman–Crippen LogP) is 4.28. The maximum absolute atomic E-state index is 12.5. The lowest BCUT2D eigenvalue weighted by Gasteiger charge is -2.10. The van der Waals surface area contributed by atoms with Gasteiger partial charge in [0, 0.05) is 15.8 Å². The van der Waals surface area contributed by atoms with Crippen LogP contribution in [0.4, 0.5) is 11.4 Å². The molecule has 0 aliphatic carbocycles. The zero-order valence-electron chi connectivity index (χ0n) is 16.0. The first-order valence-electron chi connectivity index (χ1n) is 8.81. The predicted molar refractivity (Wildman–Crippen MR) is 119 cm³/mol. The molecule has 30 heavy (non-hydrogen) atoms. The minimum Gasteiger partial charge on any atom is -0.497 e. The molecule has 0 unspecified atom stereocenters. The molecule has 0 atom stereocenters. The summed E-state index contributed by atoms with van der Waals surface area (Å²) in [6.07, 6.45) is 0. The number of carbonyl (C=O) groups excluding carboxylic acids is 1. The molecule has 0 bridgehead atoms. The van der Waals surface area contributed by atoms with Crippen LogP contribution in [0, 0.1) is 0 Å². The number of methoxy groups -OCH3 is 1. The fourth-order valence-corrected chi connectivity index (χ4v) is 3.79. The number of halogens is 1. The molecule has 9 heteroatoms. The molecule has 0 saturated carbocycles. The Morgan fingerprint density at radius 1 is 0.867 bits per heavy atom. The smallest absolute Gasteiger partial charge is 0.262 e. The fraction of sp³-hybridized carbons (Fsp3) is 0.0952. The third kappa shape index (κ3) is 5.98. The van der Waals surface area contributed by atoms with E-state index in [4.69, 9.17) is 9.47 Å². The molecule has 0 fully saturated rings. The van der Waals surface area contributed by atoms with Crippen LogP contribution < -0.4 is 19.5 Å². The Bertz CT molecular complexity index is 1100. The van der Waals surface area contributed by atoms with E-state index in [0.29, 0.717) is 22.9 Å². The second-order valence-corrected chi connectivity index (χ2v) is 8.75. The number of anilines is 2. The molecule has 0 saturated heterocycles. The van der Waals surface area contributed by atoms with Crippen molar-refractivity contribution in [2.45, 2.75) is 4.90 Å². The van der Waals surface area contributed by atoms with E-state index in [0.717, 1.165) is 4.47 Å². The Balaban J connectivity index is 1.56. The first-order chi connectivity index (χ1) is 14.4. The van der Waals surface area contributed by atoms with Gasteiger partial charge in [-0.05, 0) is 72.8 Å². The van der Waals surface area contributed by atoms with Gasteiger partial charge in [-0.1, -0.05) is 15.9 Å². The number of amides is 1. The van der Waals surface area contributed by atoms with E-state index in [1.54, 1.807) is 36.4 Å². The molecule has 0 heterocycles. The van der Waals surface area contributed by atoms with E-state index >= 15 is 0 Å². The second-order valence-electron chi connectivity index (χ2n) is 6.15. The Labute approximate surface area is 183 Å². The number of ether oxygens (including phenoxy) is 2. The Morgan fingerprint density at radius 2 is 1.43 bits per heavy atom. The Kier molecular flexibility index (Phi) is 6.96. The van der Waals surface area contributed by atoms with E-state index in [2.05, 4.69) is 26.0 Å². The van der Waals surface area contributed by atoms with Gasteiger partial charge in [0.2, 0.25) is 0 Å². The molecule has 3 aromatic carbocycles. The third-order valence-electron chi connectivity index (χ3n) is 3.97. The number of hydrogen-bond donors (Lipinski definition) is 2. The molecule has 0 spiro atoms. The standard InChI is InChI=1S/C21H19BrN2O5S/c1-28-18-8-6-17(7-9-18)24-30(26,27)20-12-10-19(11-13-20)29-14-21(25)23-16-4-2-15(22)3-5-16/h2-13,24H,14H2,1H3,(H,23,25). The summed E-state index contributed by atoms with van der Waals surface area (Å²) >= 11 is 3.33. The van der Waals surface area contributed by atoms with Crippen LogP contribution in [0.15, 0.2) is 82.2 Å². The number of benzene rings is 3. The van der Waals surface area contributed by atoms with Gasteiger partial charge in [0.05, 0.1) is 12.0 Å². The van der Waals surface area contributed by atoms with Crippen molar-refractivity contribution in [3.63, 3.8) is 0 Å². The molecular weight excluding hydrogens is 472 g/mol. The van der Waals surface area contributed by atoms with Crippen molar-refractivity contribution in [2.75, 3.05) is 23.8 Å². The van der Waals surface area contributed by atoms with E-state index < -0.39 is 10.0 Å². The molecule has 0 radical (unpaired) electrons. The molecule has 156 valence electrons. The first kappa shape index (κ1) is 21.7. The summed E-state index contributed by atoms with van der Waals surface area (Å²) in [4.78, 5) is 12.1. The van der Waals surface area contributed by atoms with Crippen molar-refractivity contribution in [1.29, 1.82) is 0 Å². The minimum atomic E-state index is -3.75. The van der Waals surface area contributed by atoms with Crippen LogP contribution in [-0.2, 0) is 14.8 Å². The van der Waals surface area contributed by atoms with E-state index in [9.17, 15) is 13.2 Å². The SMILES string of the molecule is COc1ccc(NS(=O)(=O)c2ccc(OCC(=O)Nc3ccc(Br)cc3)cc2)cc1. The largest absolute Gasteiger partial charge is 0.497 e. The summed E-state index contributed by atoms with van der Waals surface area (Å²) in [5.41, 5.74) is 1.07. The van der Waals surface area contributed by atoms with Gasteiger partial charge >= 0.3 is 0 Å². The summed E-state index contributed by atoms with van der Waals surface area (Å²) < 4.78 is 38.9. The van der Waals surface area contributed by atoms with Crippen LogP contribution in [0.2, 0.25) is 0 Å². The normalized spacial score (nSPS) is 10.9. The molecule has 3 aromatic rings. The van der Waals surface area contributed by atoms with Crippen LogP contribution in [0.5, 0.6) is 11.5 Å². The van der Waals surface area contributed by atoms with Crippen molar-refractivity contribution < 1.29 is 22.7 Å². The highest BCUT2D eigenvalue weighted by atomic mass is 79.9. The van der Waals surface area contributed by atoms with Gasteiger partial charge in [0.25, 0.3) is 15.9 Å². The van der Waals surface area contributed by atoms with Crippen molar-refractivity contribution in [2.24, 2.45) is 0 Å². The second kappa shape index (κ2) is 9.64. The molecule has 0 aromatic heterocycles. The minimum absolute atomic E-state index is 0.0741. The van der Waals surface area contributed by atoms with E-state index in [-0.39, 0.29) is 17.4 Å². The number of carbonyl (C=O) groups is 1. The summed E-state index contributed by atoms with van der Waals surface area (Å²) in [6, 6.07) is 19.5. The Morgan fingerprint density at radius 3 is 2.03 bits per heavy atom. The van der Waals surface area contributed by atoms with Crippen LogP contribution >= 0.6 is 15.9 Å². The maximum atomic E-state index is 12.5. The number of nitrogens with one attached hydrogen (secondary N) is 2. The lowest BCUT2D eigenvalue weighted by atomic mass is 10.3. The summed E-state index contributed by atoms with van der Waals surface area (Å²) in [5.74, 6) is 0.683. The van der Waals surface area contributed by atoms with Crippen LogP contribution in [-0.4, -0.2) is 28.0 Å². The number of sulfonamides is 1. The topological polar surface area (TPSA) is 93.7 Å². The zero-order valence-corrected chi connectivity index (χ0v) is 18.4. The summed E-state index contributed by atoms with van der Waals surface area (Å²) in [6.45, 7) is -0.202. The number of hydrogen-bond acceptors (Lipinski definition) is 5. The molecule has 7 nitrogen and oxygen atoms in total. The van der Waals surface area contributed by atoms with Gasteiger partial charge in [-0.3, -0.25) is 9.52 Å². The fourth-order valence-electron chi connectivity index (χ4n) is 2.47. The summed E-state index contributed by atoms with van der Waals surface area (Å²) in [7, 11) is -2.22. The van der Waals surface area contributed by atoms with Crippen molar-refractivity contribution in [1.82, 2.24) is 0 Å². The lowest BCUT2D eigenvalue weighted by Crippen LogP contribution is -2.20. The van der Waals surface area contributed by atoms with Gasteiger partial charge in [0.1, 0.15) is 11.5 Å². The van der Waals surface area contributed by atoms with Crippen molar-refractivity contribution in [3.8, 4) is 11.5 Å². The molecular formula is C21H19BrN2O5S. The van der Waals surface area contributed by atoms with Crippen molar-refractivity contribution in [3.05, 3.63) is 77.3 Å². The molecule has 2 N–H and O–H groups in total. The zero-order chi connectivity index (χ0) is 21.6. The van der Waals surface area contributed by atoms with Crippen molar-refractivity contribution >= 4 is 43.2 Å². The highest BCUT2D eigenvalue weighted by molar-refractivity contribution is 9.10. The average molecular weight is 491 g/mol. The molecule has 0 aliphatic heterocycles. The van der Waals surface area contributed by atoms with E-state index in [1.807, 2.05) is 12.1 Å². The van der Waals surface area contributed by atoms with E-state index in [1.165, 1.54) is 31.4 Å². The van der Waals surface area contributed by atoms with Gasteiger partial charge in [-0.2, -0.15) is 0 Å². The lowest BCUT2D eigenvalue weighted by molar-refractivity contribution is -0.118. The van der Waals surface area contributed by atoms with Gasteiger partial charge < -0.3 is 14.8 Å². The first-order valence-corrected chi connectivity index (χ1v) is 11.1. The van der Waals surface area contributed by atoms with Crippen LogP contribution in [0.3, 0.4) is 0 Å². The monoisotopic (exact) mass is 490 g/mol. The maximum Gasteiger partial charge on any atom is 0.262 e. The van der Waals surface area contributed by atoms with Gasteiger partial charge in [0.15, 0.2) is 6.61 Å². The molecule has 3 rings (SSSR count). The highest BCUT2D eigenvalue weighted by Gasteiger charge is 2.14. The van der Waals surface area contributed by atoms with Crippen LogP contribution in [0.1, 0.15) is 0 Å².